The number of nitrogens with zero attached hydrogens (tertiary/aromatic N) is 2. The van der Waals surface area contributed by atoms with Crippen LogP contribution in [0.3, 0.4) is 0 Å². The van der Waals surface area contributed by atoms with E-state index in [1.807, 2.05) is 51.1 Å². The summed E-state index contributed by atoms with van der Waals surface area (Å²) in [5, 5.41) is 0. The largest absolute Gasteiger partial charge is 0.469 e. The van der Waals surface area contributed by atoms with Crippen molar-refractivity contribution in [2.45, 2.75) is 59.3 Å². The van der Waals surface area contributed by atoms with Gasteiger partial charge in [-0.25, -0.2) is 9.97 Å². The minimum absolute atomic E-state index is 0.197. The molecule has 8 bridgehead atoms. The van der Waals surface area contributed by atoms with Gasteiger partial charge in [0, 0.05) is 41.3 Å². The van der Waals surface area contributed by atoms with Gasteiger partial charge >= 0.3 is 17.9 Å². The standard InChI is InChI=1S/C37H40N4O6/c1-8-23-15-24-16-32-25(9-12-35(42)45-5)20(2)28(39-32)17-29-21(3)26(10-13-36(43)46-6)33(40-29)19-34-27(11-14-37(44)47-7)22(4)30(41-34)18-31(23)38-24/h8,15-19,38-39H,1,9-14H2,2-7H3. The Morgan fingerprint density at radius 2 is 1.17 bits per heavy atom. The summed E-state index contributed by atoms with van der Waals surface area (Å²) >= 11 is 0. The zero-order valence-corrected chi connectivity index (χ0v) is 27.8. The van der Waals surface area contributed by atoms with E-state index in [0.717, 1.165) is 72.4 Å². The van der Waals surface area contributed by atoms with Gasteiger partial charge in [0.1, 0.15) is 0 Å². The maximum atomic E-state index is 12.2. The minimum atomic E-state index is -0.308. The monoisotopic (exact) mass is 636 g/mol. The number of aromatic nitrogens is 4. The molecule has 10 heteroatoms. The van der Waals surface area contributed by atoms with Crippen molar-refractivity contribution < 1.29 is 28.6 Å². The summed E-state index contributed by atoms with van der Waals surface area (Å²) in [6, 6.07) is 9.98. The summed E-state index contributed by atoms with van der Waals surface area (Å²) in [4.78, 5) is 53.7. The van der Waals surface area contributed by atoms with Crippen LogP contribution >= 0.6 is 0 Å². The van der Waals surface area contributed by atoms with Crippen molar-refractivity contribution in [3.05, 3.63) is 76.4 Å². The number of H-pyrrole nitrogens is 2. The molecule has 0 atom stereocenters. The van der Waals surface area contributed by atoms with Gasteiger partial charge in [0.25, 0.3) is 0 Å². The Kier molecular flexibility index (Phi) is 9.89. The quantitative estimate of drug-likeness (QED) is 0.177. The van der Waals surface area contributed by atoms with Crippen LogP contribution in [0, 0.1) is 6.92 Å². The number of hydrogen-bond acceptors (Lipinski definition) is 8. The average Bonchev–Trinajstić information content (AvgIpc) is 3.76. The maximum Gasteiger partial charge on any atom is 0.305 e. The van der Waals surface area contributed by atoms with Crippen molar-refractivity contribution in [3.63, 3.8) is 0 Å². The van der Waals surface area contributed by atoms with Crippen molar-refractivity contribution >= 4 is 68.3 Å². The van der Waals surface area contributed by atoms with Gasteiger partial charge in [-0.15, -0.1) is 0 Å². The van der Waals surface area contributed by atoms with E-state index in [-0.39, 0.29) is 37.2 Å². The molecule has 3 aromatic heterocycles. The van der Waals surface area contributed by atoms with Crippen molar-refractivity contribution in [1.29, 1.82) is 0 Å². The number of carbonyl (C=O) groups is 3. The molecule has 2 aliphatic heterocycles. The topological polar surface area (TPSA) is 136 Å². The average molecular weight is 637 g/mol. The highest BCUT2D eigenvalue weighted by atomic mass is 16.5. The second kappa shape index (κ2) is 14.0. The van der Waals surface area contributed by atoms with E-state index >= 15 is 0 Å². The summed E-state index contributed by atoms with van der Waals surface area (Å²) < 4.78 is 14.8. The van der Waals surface area contributed by atoms with Gasteiger partial charge < -0.3 is 24.2 Å². The molecule has 2 N–H and O–H groups in total. The lowest BCUT2D eigenvalue weighted by Crippen LogP contribution is -2.02. The third-order valence-corrected chi connectivity index (χ3v) is 8.90. The third-order valence-electron chi connectivity index (χ3n) is 8.90. The van der Waals surface area contributed by atoms with Crippen LogP contribution in [0.1, 0.15) is 85.4 Å². The summed E-state index contributed by atoms with van der Waals surface area (Å²) in [6.45, 7) is 10.0. The van der Waals surface area contributed by atoms with Crippen molar-refractivity contribution in [2.75, 3.05) is 21.3 Å². The number of allylic oxidation sites excluding steroid dienone is 4. The van der Waals surface area contributed by atoms with E-state index in [9.17, 15) is 14.4 Å². The highest BCUT2D eigenvalue weighted by molar-refractivity contribution is 5.96. The fraction of sp³-hybridized carbons (Fsp3) is 0.324. The van der Waals surface area contributed by atoms with Gasteiger partial charge in [0.05, 0.1) is 44.1 Å². The molecular formula is C37H40N4O6. The number of carbonyl (C=O) groups excluding carboxylic acids is 3. The minimum Gasteiger partial charge on any atom is -0.469 e. The Morgan fingerprint density at radius 1 is 0.660 bits per heavy atom. The van der Waals surface area contributed by atoms with Crippen molar-refractivity contribution in [3.8, 4) is 0 Å². The fourth-order valence-electron chi connectivity index (χ4n) is 6.10. The summed E-state index contributed by atoms with van der Waals surface area (Å²) in [6.07, 6.45) is 3.80. The number of esters is 3. The van der Waals surface area contributed by atoms with E-state index in [1.165, 1.54) is 21.3 Å². The van der Waals surface area contributed by atoms with Crippen LogP contribution in [0.25, 0.3) is 50.4 Å². The van der Waals surface area contributed by atoms with Gasteiger partial charge in [-0.2, -0.15) is 0 Å². The SMILES string of the molecule is C=Cc1cc2cc3[nH]c(cc4nc(cc5nc(cc1[nH]2)C(C)=C5CCC(=O)OC)C(CCC(=O)OC)=C4C)c(C)c3CCC(=O)OC. The summed E-state index contributed by atoms with van der Waals surface area (Å²) in [5.41, 5.74) is 12.9. The van der Waals surface area contributed by atoms with E-state index in [0.29, 0.717) is 30.7 Å². The number of ether oxygens (including phenoxy) is 3. The Bertz CT molecular complexity index is 2010. The van der Waals surface area contributed by atoms with Crippen LogP contribution in [0.5, 0.6) is 0 Å². The van der Waals surface area contributed by atoms with Crippen molar-refractivity contribution in [2.24, 2.45) is 0 Å². The molecular weight excluding hydrogens is 596 g/mol. The molecule has 5 heterocycles. The molecule has 10 nitrogen and oxygen atoms in total. The van der Waals surface area contributed by atoms with Gasteiger partial charge in [-0.1, -0.05) is 12.7 Å². The highest BCUT2D eigenvalue weighted by Gasteiger charge is 2.23. The number of rotatable bonds is 10. The van der Waals surface area contributed by atoms with Crippen molar-refractivity contribution in [1.82, 2.24) is 19.9 Å². The van der Waals surface area contributed by atoms with Crippen LogP contribution in [0.4, 0.5) is 0 Å². The predicted molar refractivity (Wildman–Crippen MR) is 184 cm³/mol. The molecule has 47 heavy (non-hydrogen) atoms. The Morgan fingerprint density at radius 3 is 1.68 bits per heavy atom. The normalized spacial score (nSPS) is 12.7. The van der Waals surface area contributed by atoms with Gasteiger partial charge in [0.2, 0.25) is 0 Å². The molecule has 0 aliphatic carbocycles. The zero-order valence-electron chi connectivity index (χ0n) is 27.8. The van der Waals surface area contributed by atoms with Gasteiger partial charge in [0.15, 0.2) is 0 Å². The molecule has 3 aromatic rings. The molecule has 2 aliphatic rings. The van der Waals surface area contributed by atoms with E-state index in [4.69, 9.17) is 24.2 Å². The maximum absolute atomic E-state index is 12.2. The predicted octanol–water partition coefficient (Wildman–Crippen LogP) is 7.14. The van der Waals surface area contributed by atoms with Crippen LogP contribution in [-0.2, 0) is 35.0 Å². The summed E-state index contributed by atoms with van der Waals surface area (Å²) in [7, 11) is 4.15. The molecule has 244 valence electrons. The fourth-order valence-corrected chi connectivity index (χ4v) is 6.10. The lowest BCUT2D eigenvalue weighted by Gasteiger charge is -2.06. The van der Waals surface area contributed by atoms with E-state index in [1.54, 1.807) is 6.08 Å². The second-order valence-corrected chi connectivity index (χ2v) is 11.6. The van der Waals surface area contributed by atoms with Gasteiger partial charge in [-0.3, -0.25) is 14.4 Å². The first-order valence-corrected chi connectivity index (χ1v) is 15.5. The molecule has 0 fully saturated rings. The van der Waals surface area contributed by atoms with Crippen LogP contribution < -0.4 is 0 Å². The number of hydrogen-bond donors (Lipinski definition) is 2. The molecule has 0 spiro atoms. The number of aromatic amines is 2. The number of aryl methyl sites for hydroxylation is 2. The Labute approximate surface area is 273 Å². The van der Waals surface area contributed by atoms with E-state index < -0.39 is 0 Å². The summed E-state index contributed by atoms with van der Waals surface area (Å²) in [5.74, 6) is -0.890. The van der Waals surface area contributed by atoms with E-state index in [2.05, 4.69) is 16.5 Å². The van der Waals surface area contributed by atoms with Gasteiger partial charge in [-0.05, 0) is 109 Å². The zero-order chi connectivity index (χ0) is 33.8. The first-order valence-electron chi connectivity index (χ1n) is 15.5. The number of nitrogens with one attached hydrogen (secondary N) is 2. The number of methoxy groups -OCH3 is 3. The lowest BCUT2D eigenvalue weighted by molar-refractivity contribution is -0.141. The first-order chi connectivity index (χ1) is 22.6. The second-order valence-electron chi connectivity index (χ2n) is 11.6. The molecule has 0 radical (unpaired) electrons. The molecule has 5 rings (SSSR count). The van der Waals surface area contributed by atoms with Crippen LogP contribution in [0.2, 0.25) is 0 Å². The smallest absolute Gasteiger partial charge is 0.305 e. The highest BCUT2D eigenvalue weighted by Crippen LogP contribution is 2.38. The molecule has 0 amide bonds. The molecule has 0 saturated heterocycles. The molecule has 0 saturated carbocycles. The Balaban J connectivity index is 1.84. The molecule has 0 aromatic carbocycles. The molecule has 0 unspecified atom stereocenters. The lowest BCUT2D eigenvalue weighted by atomic mass is 9.98. The Hall–Kier alpha value is -5.25. The first kappa shape index (κ1) is 33.1. The van der Waals surface area contributed by atoms with Crippen LogP contribution in [0.15, 0.2) is 36.9 Å². The van der Waals surface area contributed by atoms with Crippen LogP contribution in [-0.4, -0.2) is 59.2 Å². The number of fused-ring (bicyclic) bond motifs is 8. The third kappa shape index (κ3) is 6.96.